The number of aromatic nitrogens is 2. The van der Waals surface area contributed by atoms with Crippen molar-refractivity contribution >= 4 is 23.0 Å². The molecule has 0 unspecified atom stereocenters. The zero-order valence-corrected chi connectivity index (χ0v) is 8.73. The second-order valence-corrected chi connectivity index (χ2v) is 3.53. The number of benzene rings is 1. The maximum atomic E-state index is 10.6. The Bertz CT molecular complexity index is 552. The van der Waals surface area contributed by atoms with E-state index in [0.29, 0.717) is 16.9 Å². The Kier molecular flexibility index (Phi) is 2.49. The van der Waals surface area contributed by atoms with E-state index in [9.17, 15) is 10.1 Å². The monoisotopic (exact) mass is 238 g/mol. The molecule has 0 fully saturated rings. The fourth-order valence-corrected chi connectivity index (χ4v) is 1.59. The van der Waals surface area contributed by atoms with Gasteiger partial charge in [0.15, 0.2) is 0 Å². The fraction of sp³-hybridized carbons (Fsp3) is 0. The topological polar surface area (TPSA) is 97.8 Å². The molecule has 0 aliphatic heterocycles. The van der Waals surface area contributed by atoms with E-state index < -0.39 is 4.92 Å². The van der Waals surface area contributed by atoms with E-state index in [4.69, 9.17) is 17.3 Å². The van der Waals surface area contributed by atoms with Crippen LogP contribution >= 0.6 is 11.6 Å². The number of nitrogen functional groups attached to an aromatic ring is 1. The summed E-state index contributed by atoms with van der Waals surface area (Å²) in [5.74, 6) is 0. The summed E-state index contributed by atoms with van der Waals surface area (Å²) in [5.41, 5.74) is 7.23. The Morgan fingerprint density at radius 1 is 1.50 bits per heavy atom. The number of hydrogen-bond acceptors (Lipinski definition) is 4. The molecule has 0 aliphatic carbocycles. The molecule has 0 spiro atoms. The lowest BCUT2D eigenvalue weighted by molar-refractivity contribution is -0.384. The van der Waals surface area contributed by atoms with Crippen molar-refractivity contribution in [2.24, 2.45) is 0 Å². The average Bonchev–Trinajstić information content (AvgIpc) is 2.63. The number of halogens is 1. The van der Waals surface area contributed by atoms with Crippen LogP contribution in [-0.2, 0) is 0 Å². The number of nitro benzene ring substituents is 1. The number of aromatic amines is 1. The van der Waals surface area contributed by atoms with Gasteiger partial charge in [-0.3, -0.25) is 15.2 Å². The van der Waals surface area contributed by atoms with Gasteiger partial charge >= 0.3 is 0 Å². The molecule has 16 heavy (non-hydrogen) atoms. The zero-order chi connectivity index (χ0) is 11.7. The summed E-state index contributed by atoms with van der Waals surface area (Å²) < 4.78 is 0. The highest BCUT2D eigenvalue weighted by Crippen LogP contribution is 2.31. The number of nitro groups is 1. The van der Waals surface area contributed by atoms with Crippen molar-refractivity contribution in [3.8, 4) is 11.3 Å². The maximum Gasteiger partial charge on any atom is 0.287 e. The lowest BCUT2D eigenvalue weighted by atomic mass is 10.1. The molecule has 0 bridgehead atoms. The van der Waals surface area contributed by atoms with Crippen molar-refractivity contribution in [3.05, 3.63) is 39.5 Å². The Morgan fingerprint density at radius 3 is 2.75 bits per heavy atom. The van der Waals surface area contributed by atoms with Crippen LogP contribution in [-0.4, -0.2) is 15.1 Å². The molecule has 0 atom stereocenters. The minimum atomic E-state index is -0.539. The Balaban J connectivity index is 2.50. The van der Waals surface area contributed by atoms with E-state index >= 15 is 0 Å². The number of H-pyrrole nitrogens is 1. The molecule has 3 N–H and O–H groups in total. The first-order valence-electron chi connectivity index (χ1n) is 4.32. The third kappa shape index (κ3) is 1.70. The number of anilines is 1. The van der Waals surface area contributed by atoms with Gasteiger partial charge in [-0.15, -0.1) is 0 Å². The van der Waals surface area contributed by atoms with E-state index in [0.717, 1.165) is 0 Å². The van der Waals surface area contributed by atoms with Crippen LogP contribution in [0.4, 0.5) is 11.4 Å². The van der Waals surface area contributed by atoms with Gasteiger partial charge in [-0.05, 0) is 12.1 Å². The zero-order valence-electron chi connectivity index (χ0n) is 7.98. The molecule has 1 aromatic carbocycles. The van der Waals surface area contributed by atoms with E-state index in [1.54, 1.807) is 6.07 Å². The molecule has 0 amide bonds. The summed E-state index contributed by atoms with van der Waals surface area (Å²) >= 11 is 5.78. The lowest BCUT2D eigenvalue weighted by Gasteiger charge is -2.00. The van der Waals surface area contributed by atoms with Crippen LogP contribution < -0.4 is 5.73 Å². The highest BCUT2D eigenvalue weighted by atomic mass is 35.5. The first-order valence-corrected chi connectivity index (χ1v) is 4.70. The fourth-order valence-electron chi connectivity index (χ4n) is 1.34. The first kappa shape index (κ1) is 10.4. The van der Waals surface area contributed by atoms with Crippen LogP contribution in [0.1, 0.15) is 0 Å². The molecular formula is C9H7ClN4O2. The molecule has 2 aromatic rings. The second-order valence-electron chi connectivity index (χ2n) is 3.12. The standard InChI is InChI=1S/C9H7ClN4O2/c10-6-3-5(1-2-8(6)14(15)16)9-7(11)4-12-13-9/h1-4H,11H2,(H,12,13). The van der Waals surface area contributed by atoms with Gasteiger partial charge in [-0.25, -0.2) is 0 Å². The normalized spacial score (nSPS) is 10.3. The van der Waals surface area contributed by atoms with Crippen molar-refractivity contribution in [2.45, 2.75) is 0 Å². The predicted molar refractivity (Wildman–Crippen MR) is 60.1 cm³/mol. The highest BCUT2D eigenvalue weighted by Gasteiger charge is 2.14. The van der Waals surface area contributed by atoms with Crippen LogP contribution in [0.5, 0.6) is 0 Å². The van der Waals surface area contributed by atoms with Crippen LogP contribution in [0.3, 0.4) is 0 Å². The van der Waals surface area contributed by atoms with Crippen molar-refractivity contribution in [1.82, 2.24) is 10.2 Å². The summed E-state index contributed by atoms with van der Waals surface area (Å²) in [7, 11) is 0. The SMILES string of the molecule is Nc1cn[nH]c1-c1ccc([N+](=O)[O-])c(Cl)c1. The number of nitrogens with two attached hydrogens (primary N) is 1. The lowest BCUT2D eigenvalue weighted by Crippen LogP contribution is -1.91. The molecule has 0 saturated carbocycles. The molecule has 1 heterocycles. The Morgan fingerprint density at radius 2 is 2.25 bits per heavy atom. The number of hydrogen-bond donors (Lipinski definition) is 2. The van der Waals surface area contributed by atoms with Gasteiger partial charge in [0.25, 0.3) is 5.69 Å². The van der Waals surface area contributed by atoms with Gasteiger partial charge in [0, 0.05) is 11.6 Å². The maximum absolute atomic E-state index is 10.6. The number of rotatable bonds is 2. The smallest absolute Gasteiger partial charge is 0.287 e. The third-order valence-electron chi connectivity index (χ3n) is 2.10. The van der Waals surface area contributed by atoms with Crippen LogP contribution in [0.2, 0.25) is 5.02 Å². The van der Waals surface area contributed by atoms with Gasteiger partial charge < -0.3 is 5.73 Å². The molecule has 7 heteroatoms. The van der Waals surface area contributed by atoms with Crippen LogP contribution in [0.15, 0.2) is 24.4 Å². The minimum absolute atomic E-state index is 0.0662. The van der Waals surface area contributed by atoms with Crippen molar-refractivity contribution in [1.29, 1.82) is 0 Å². The predicted octanol–water partition coefficient (Wildman–Crippen LogP) is 2.22. The minimum Gasteiger partial charge on any atom is -0.396 e. The largest absolute Gasteiger partial charge is 0.396 e. The van der Waals surface area contributed by atoms with Crippen LogP contribution in [0.25, 0.3) is 11.3 Å². The number of nitrogens with one attached hydrogen (secondary N) is 1. The molecule has 1 aromatic heterocycles. The van der Waals surface area contributed by atoms with E-state index in [-0.39, 0.29) is 10.7 Å². The van der Waals surface area contributed by atoms with Gasteiger partial charge in [-0.1, -0.05) is 11.6 Å². The van der Waals surface area contributed by atoms with E-state index in [1.807, 2.05) is 0 Å². The molecule has 82 valence electrons. The quantitative estimate of drug-likeness (QED) is 0.619. The van der Waals surface area contributed by atoms with Crippen LogP contribution in [0, 0.1) is 10.1 Å². The van der Waals surface area contributed by atoms with Crippen molar-refractivity contribution < 1.29 is 4.92 Å². The Labute approximate surface area is 95.2 Å². The van der Waals surface area contributed by atoms with Gasteiger partial charge in [0.05, 0.1) is 22.5 Å². The number of nitrogens with zero attached hydrogens (tertiary/aromatic N) is 2. The second kappa shape index (κ2) is 3.82. The summed E-state index contributed by atoms with van der Waals surface area (Å²) in [4.78, 5) is 10.0. The molecule has 0 aliphatic rings. The summed E-state index contributed by atoms with van der Waals surface area (Å²) in [6, 6.07) is 4.37. The molecule has 0 radical (unpaired) electrons. The molecule has 6 nitrogen and oxygen atoms in total. The van der Waals surface area contributed by atoms with E-state index in [1.165, 1.54) is 18.3 Å². The van der Waals surface area contributed by atoms with Gasteiger partial charge in [-0.2, -0.15) is 5.10 Å². The molecule has 0 saturated heterocycles. The summed E-state index contributed by atoms with van der Waals surface area (Å²) in [6.07, 6.45) is 1.46. The highest BCUT2D eigenvalue weighted by molar-refractivity contribution is 6.33. The van der Waals surface area contributed by atoms with Gasteiger partial charge in [0.2, 0.25) is 0 Å². The van der Waals surface area contributed by atoms with Crippen molar-refractivity contribution in [3.63, 3.8) is 0 Å². The van der Waals surface area contributed by atoms with E-state index in [2.05, 4.69) is 10.2 Å². The summed E-state index contributed by atoms with van der Waals surface area (Å²) in [5, 5.41) is 17.1. The molecule has 2 rings (SSSR count). The molecular weight excluding hydrogens is 232 g/mol. The van der Waals surface area contributed by atoms with Gasteiger partial charge in [0.1, 0.15) is 5.02 Å². The Hall–Kier alpha value is -2.08. The average molecular weight is 239 g/mol. The third-order valence-corrected chi connectivity index (χ3v) is 2.40. The first-order chi connectivity index (χ1) is 7.59. The summed E-state index contributed by atoms with van der Waals surface area (Å²) in [6.45, 7) is 0. The van der Waals surface area contributed by atoms with Crippen molar-refractivity contribution in [2.75, 3.05) is 5.73 Å².